The summed E-state index contributed by atoms with van der Waals surface area (Å²) in [4.78, 5) is 23.2. The Kier molecular flexibility index (Phi) is 3.71. The molecule has 1 aliphatic heterocycles. The van der Waals surface area contributed by atoms with Crippen LogP contribution in [0.5, 0.6) is 0 Å². The van der Waals surface area contributed by atoms with E-state index in [1.54, 1.807) is 34.1 Å². The number of fused-ring (bicyclic) bond motifs is 2. The number of halogens is 1. The molecule has 134 valence electrons. The van der Waals surface area contributed by atoms with Crippen molar-refractivity contribution in [2.24, 2.45) is 0 Å². The summed E-state index contributed by atoms with van der Waals surface area (Å²) in [5.74, 6) is 1.31. The van der Waals surface area contributed by atoms with Crippen molar-refractivity contribution >= 4 is 27.5 Å². The van der Waals surface area contributed by atoms with E-state index in [9.17, 15) is 4.79 Å². The standard InChI is InChI=1S/C17H13BrN8O/c18-11-8-20-14-7-13(23-26(14)9-11)17(27)24-5-6-25-15(10-24)21-22-16(25)12-3-1-2-4-19-12/h1-4,7-9H,5-6,10H2. The fourth-order valence-electron chi connectivity index (χ4n) is 3.14. The van der Waals surface area contributed by atoms with Gasteiger partial charge in [-0.3, -0.25) is 9.78 Å². The summed E-state index contributed by atoms with van der Waals surface area (Å²) >= 11 is 3.35. The van der Waals surface area contributed by atoms with E-state index in [2.05, 4.69) is 41.2 Å². The van der Waals surface area contributed by atoms with Crippen LogP contribution in [0.25, 0.3) is 17.2 Å². The SMILES string of the molecule is O=C(c1cc2ncc(Br)cn2n1)N1CCn2c(nnc2-c2ccccn2)C1. The molecule has 9 nitrogen and oxygen atoms in total. The van der Waals surface area contributed by atoms with E-state index >= 15 is 0 Å². The Morgan fingerprint density at radius 1 is 1.15 bits per heavy atom. The minimum absolute atomic E-state index is 0.148. The lowest BCUT2D eigenvalue weighted by Gasteiger charge is -2.27. The highest BCUT2D eigenvalue weighted by Gasteiger charge is 2.27. The molecule has 0 saturated carbocycles. The zero-order valence-electron chi connectivity index (χ0n) is 14.0. The fourth-order valence-corrected chi connectivity index (χ4v) is 3.43. The maximum absolute atomic E-state index is 12.9. The summed E-state index contributed by atoms with van der Waals surface area (Å²) in [6.07, 6.45) is 5.17. The van der Waals surface area contributed by atoms with Crippen LogP contribution in [0.1, 0.15) is 16.3 Å². The molecule has 0 radical (unpaired) electrons. The van der Waals surface area contributed by atoms with E-state index in [4.69, 9.17) is 0 Å². The highest BCUT2D eigenvalue weighted by Crippen LogP contribution is 2.21. The second kappa shape index (κ2) is 6.23. The van der Waals surface area contributed by atoms with Crippen LogP contribution in [0.2, 0.25) is 0 Å². The van der Waals surface area contributed by atoms with Gasteiger partial charge < -0.3 is 9.47 Å². The average Bonchev–Trinajstić information content (AvgIpc) is 3.31. The van der Waals surface area contributed by atoms with Crippen molar-refractivity contribution in [2.75, 3.05) is 6.54 Å². The number of carbonyl (C=O) groups excluding carboxylic acids is 1. The second-order valence-corrected chi connectivity index (χ2v) is 7.05. The van der Waals surface area contributed by atoms with Crippen molar-refractivity contribution in [1.82, 2.24) is 39.2 Å². The first kappa shape index (κ1) is 16.1. The Morgan fingerprint density at radius 3 is 2.93 bits per heavy atom. The van der Waals surface area contributed by atoms with Crippen LogP contribution >= 0.6 is 15.9 Å². The number of nitrogens with zero attached hydrogens (tertiary/aromatic N) is 8. The number of hydrogen-bond donors (Lipinski definition) is 0. The molecule has 0 N–H and O–H groups in total. The first-order valence-electron chi connectivity index (χ1n) is 8.33. The van der Waals surface area contributed by atoms with Gasteiger partial charge in [-0.2, -0.15) is 5.10 Å². The lowest BCUT2D eigenvalue weighted by atomic mass is 10.2. The third-order valence-corrected chi connectivity index (χ3v) is 4.84. The summed E-state index contributed by atoms with van der Waals surface area (Å²) in [7, 11) is 0. The number of rotatable bonds is 2. The lowest BCUT2D eigenvalue weighted by Crippen LogP contribution is -2.38. The number of hydrogen-bond acceptors (Lipinski definition) is 6. The van der Waals surface area contributed by atoms with Gasteiger partial charge in [0, 0.05) is 37.7 Å². The lowest BCUT2D eigenvalue weighted by molar-refractivity contribution is 0.0701. The van der Waals surface area contributed by atoms with Crippen LogP contribution in [0.4, 0.5) is 0 Å². The van der Waals surface area contributed by atoms with E-state index in [1.165, 1.54) is 0 Å². The fraction of sp³-hybridized carbons (Fsp3) is 0.176. The summed E-state index contributed by atoms with van der Waals surface area (Å²) in [6, 6.07) is 7.36. The van der Waals surface area contributed by atoms with Crippen LogP contribution in [-0.2, 0) is 13.1 Å². The van der Waals surface area contributed by atoms with E-state index in [1.807, 2.05) is 22.8 Å². The number of amides is 1. The molecule has 0 atom stereocenters. The van der Waals surface area contributed by atoms with E-state index in [0.717, 1.165) is 21.8 Å². The van der Waals surface area contributed by atoms with Crippen molar-refractivity contribution in [3.63, 3.8) is 0 Å². The van der Waals surface area contributed by atoms with Crippen molar-refractivity contribution < 1.29 is 4.79 Å². The van der Waals surface area contributed by atoms with Crippen LogP contribution in [-0.4, -0.2) is 51.7 Å². The smallest absolute Gasteiger partial charge is 0.274 e. The molecule has 0 saturated heterocycles. The Bertz CT molecular complexity index is 1150. The highest BCUT2D eigenvalue weighted by atomic mass is 79.9. The van der Waals surface area contributed by atoms with Crippen molar-refractivity contribution in [2.45, 2.75) is 13.1 Å². The molecule has 0 aliphatic carbocycles. The molecule has 27 heavy (non-hydrogen) atoms. The Balaban J connectivity index is 1.42. The molecule has 5 rings (SSSR count). The third-order valence-electron chi connectivity index (χ3n) is 4.44. The van der Waals surface area contributed by atoms with Gasteiger partial charge in [0.15, 0.2) is 23.0 Å². The average molecular weight is 425 g/mol. The highest BCUT2D eigenvalue weighted by molar-refractivity contribution is 9.10. The molecule has 1 aliphatic rings. The topological polar surface area (TPSA) is 94.1 Å². The largest absolute Gasteiger partial charge is 0.328 e. The summed E-state index contributed by atoms with van der Waals surface area (Å²) < 4.78 is 4.39. The van der Waals surface area contributed by atoms with Gasteiger partial charge in [-0.25, -0.2) is 9.50 Å². The minimum atomic E-state index is -0.148. The van der Waals surface area contributed by atoms with Gasteiger partial charge in [-0.15, -0.1) is 10.2 Å². The quantitative estimate of drug-likeness (QED) is 0.486. The molecule has 4 aromatic rings. The maximum atomic E-state index is 12.9. The summed E-state index contributed by atoms with van der Waals surface area (Å²) in [5, 5.41) is 12.8. The predicted molar refractivity (Wildman–Crippen MR) is 98.7 cm³/mol. The van der Waals surface area contributed by atoms with Gasteiger partial charge in [0.1, 0.15) is 5.69 Å². The monoisotopic (exact) mass is 424 g/mol. The van der Waals surface area contributed by atoms with Gasteiger partial charge in [0.25, 0.3) is 5.91 Å². The van der Waals surface area contributed by atoms with E-state index in [-0.39, 0.29) is 5.91 Å². The number of pyridine rings is 1. The Labute approximate surface area is 161 Å². The first-order valence-corrected chi connectivity index (χ1v) is 9.12. The zero-order chi connectivity index (χ0) is 18.4. The molecule has 0 fully saturated rings. The predicted octanol–water partition coefficient (Wildman–Crippen LogP) is 1.80. The molecule has 5 heterocycles. The molecule has 4 aromatic heterocycles. The van der Waals surface area contributed by atoms with E-state index < -0.39 is 0 Å². The first-order chi connectivity index (χ1) is 13.2. The number of aromatic nitrogens is 7. The van der Waals surface area contributed by atoms with Gasteiger partial charge >= 0.3 is 0 Å². The second-order valence-electron chi connectivity index (χ2n) is 6.14. The van der Waals surface area contributed by atoms with Crippen LogP contribution in [0.15, 0.2) is 47.3 Å². The molecule has 0 unspecified atom stereocenters. The molecular weight excluding hydrogens is 412 g/mol. The van der Waals surface area contributed by atoms with Crippen molar-refractivity contribution in [3.8, 4) is 11.5 Å². The number of carbonyl (C=O) groups is 1. The molecule has 0 aromatic carbocycles. The van der Waals surface area contributed by atoms with E-state index in [0.29, 0.717) is 31.0 Å². The van der Waals surface area contributed by atoms with Gasteiger partial charge in [-0.1, -0.05) is 6.07 Å². The summed E-state index contributed by atoms with van der Waals surface area (Å²) in [6.45, 7) is 1.54. The van der Waals surface area contributed by atoms with Crippen molar-refractivity contribution in [3.05, 3.63) is 58.8 Å². The normalized spacial score (nSPS) is 13.7. The Morgan fingerprint density at radius 2 is 2.07 bits per heavy atom. The zero-order valence-corrected chi connectivity index (χ0v) is 15.6. The van der Waals surface area contributed by atoms with Gasteiger partial charge in [0.2, 0.25) is 0 Å². The summed E-state index contributed by atoms with van der Waals surface area (Å²) in [5.41, 5.74) is 1.76. The van der Waals surface area contributed by atoms with Crippen molar-refractivity contribution in [1.29, 1.82) is 0 Å². The molecular formula is C17H13BrN8O. The molecule has 0 bridgehead atoms. The van der Waals surface area contributed by atoms with Crippen LogP contribution < -0.4 is 0 Å². The van der Waals surface area contributed by atoms with Crippen LogP contribution in [0, 0.1) is 0 Å². The maximum Gasteiger partial charge on any atom is 0.274 e. The van der Waals surface area contributed by atoms with Gasteiger partial charge in [-0.05, 0) is 28.1 Å². The Hall–Kier alpha value is -3.14. The van der Waals surface area contributed by atoms with Gasteiger partial charge in [0.05, 0.1) is 11.0 Å². The van der Waals surface area contributed by atoms with Crippen LogP contribution in [0.3, 0.4) is 0 Å². The molecule has 0 spiro atoms. The third kappa shape index (κ3) is 2.78. The molecule has 1 amide bonds. The minimum Gasteiger partial charge on any atom is -0.328 e. The molecule has 10 heteroatoms.